The fourth-order valence-electron chi connectivity index (χ4n) is 5.76. The van der Waals surface area contributed by atoms with E-state index in [1.165, 1.54) is 6.92 Å². The van der Waals surface area contributed by atoms with Crippen LogP contribution in [-0.4, -0.2) is 54.3 Å². The molecule has 6 rings (SSSR count). The number of halogens is 1. The summed E-state index contributed by atoms with van der Waals surface area (Å²) in [4.78, 5) is 50.3. The predicted octanol–water partition coefficient (Wildman–Crippen LogP) is 5.09. The molecule has 0 unspecified atom stereocenters. The van der Waals surface area contributed by atoms with Crippen LogP contribution in [0.2, 0.25) is 0 Å². The van der Waals surface area contributed by atoms with E-state index in [1.54, 1.807) is 15.8 Å². The maximum Gasteiger partial charge on any atom is 0.248 e. The molecular weight excluding hydrogens is 572 g/mol. The number of rotatable bonds is 6. The molecule has 4 heterocycles. The van der Waals surface area contributed by atoms with Crippen LogP contribution >= 0.6 is 15.9 Å². The molecule has 204 valence electrons. The summed E-state index contributed by atoms with van der Waals surface area (Å²) in [6.45, 7) is 7.37. The minimum atomic E-state index is -0.607. The van der Waals surface area contributed by atoms with Crippen LogP contribution in [0.5, 0.6) is 0 Å². The Morgan fingerprint density at radius 2 is 1.90 bits per heavy atom. The molecule has 0 bridgehead atoms. The molecule has 0 spiro atoms. The molecule has 10 heteroatoms. The minimum absolute atomic E-state index is 0.000587. The summed E-state index contributed by atoms with van der Waals surface area (Å²) in [6, 6.07) is 12.7. The first kappa shape index (κ1) is 26.3. The van der Waals surface area contributed by atoms with E-state index in [0.717, 1.165) is 28.8 Å². The molecule has 1 aliphatic carbocycles. The van der Waals surface area contributed by atoms with Gasteiger partial charge in [0.15, 0.2) is 5.78 Å². The van der Waals surface area contributed by atoms with Gasteiger partial charge in [0.05, 0.1) is 11.2 Å². The Hall–Kier alpha value is -3.92. The van der Waals surface area contributed by atoms with Crippen LogP contribution < -0.4 is 5.32 Å². The van der Waals surface area contributed by atoms with Crippen LogP contribution in [0.3, 0.4) is 0 Å². The number of fused-ring (bicyclic) bond motifs is 2. The Kier molecular flexibility index (Phi) is 6.33. The summed E-state index contributed by atoms with van der Waals surface area (Å²) >= 11 is 3.36. The van der Waals surface area contributed by atoms with Crippen molar-refractivity contribution >= 4 is 50.2 Å². The van der Waals surface area contributed by atoms with E-state index in [-0.39, 0.29) is 35.6 Å². The van der Waals surface area contributed by atoms with Gasteiger partial charge in [0, 0.05) is 30.1 Å². The van der Waals surface area contributed by atoms with Gasteiger partial charge in [-0.25, -0.2) is 4.98 Å². The zero-order valence-corrected chi connectivity index (χ0v) is 24.3. The highest BCUT2D eigenvalue weighted by molar-refractivity contribution is 9.10. The number of aromatic nitrogens is 4. The second-order valence-corrected chi connectivity index (χ2v) is 12.0. The van der Waals surface area contributed by atoms with Gasteiger partial charge >= 0.3 is 0 Å². The van der Waals surface area contributed by atoms with Gasteiger partial charge in [0.25, 0.3) is 0 Å². The van der Waals surface area contributed by atoms with Crippen LogP contribution in [0.25, 0.3) is 22.2 Å². The van der Waals surface area contributed by atoms with Gasteiger partial charge in [-0.1, -0.05) is 25.1 Å². The van der Waals surface area contributed by atoms with E-state index >= 15 is 0 Å². The van der Waals surface area contributed by atoms with Crippen molar-refractivity contribution in [1.82, 2.24) is 24.6 Å². The van der Waals surface area contributed by atoms with Crippen molar-refractivity contribution in [2.45, 2.75) is 59.2 Å². The average molecular weight is 602 g/mol. The summed E-state index contributed by atoms with van der Waals surface area (Å²) < 4.78 is 2.20. The Morgan fingerprint density at radius 3 is 2.62 bits per heavy atom. The first-order valence-electron chi connectivity index (χ1n) is 13.2. The number of Topliss-reactive ketones (excluding diaryl/α,β-unsaturated/α-hetero) is 1. The van der Waals surface area contributed by atoms with Gasteiger partial charge < -0.3 is 10.2 Å². The number of nitrogens with one attached hydrogen (secondary N) is 1. The van der Waals surface area contributed by atoms with E-state index in [1.807, 2.05) is 56.3 Å². The van der Waals surface area contributed by atoms with Crippen molar-refractivity contribution in [3.8, 4) is 11.3 Å². The first-order chi connectivity index (χ1) is 19.0. The maximum absolute atomic E-state index is 13.8. The molecule has 9 nitrogen and oxygen atoms in total. The summed E-state index contributed by atoms with van der Waals surface area (Å²) in [5, 5.41) is 8.14. The van der Waals surface area contributed by atoms with E-state index in [2.05, 4.69) is 43.2 Å². The van der Waals surface area contributed by atoms with Crippen LogP contribution in [0, 0.1) is 19.3 Å². The summed E-state index contributed by atoms with van der Waals surface area (Å²) in [5.74, 6) is -0.162. The molecule has 2 amide bonds. The summed E-state index contributed by atoms with van der Waals surface area (Å²) in [5.41, 5.74) is 4.46. The lowest BCUT2D eigenvalue weighted by molar-refractivity contribution is -0.138. The number of ketones is 1. The number of nitrogens with zero attached hydrogens (tertiary/aromatic N) is 5. The number of amides is 2. The third-order valence-electron chi connectivity index (χ3n) is 8.11. The largest absolute Gasteiger partial charge is 0.325 e. The lowest BCUT2D eigenvalue weighted by atomic mass is 10.0. The second-order valence-electron chi connectivity index (χ2n) is 11.2. The molecule has 0 radical (unpaired) electrons. The van der Waals surface area contributed by atoms with E-state index in [9.17, 15) is 14.4 Å². The highest BCUT2D eigenvalue weighted by atomic mass is 79.9. The van der Waals surface area contributed by atoms with Gasteiger partial charge in [-0.05, 0) is 83.4 Å². The molecule has 1 N–H and O–H groups in total. The molecule has 1 aliphatic heterocycles. The number of benzene rings is 1. The van der Waals surface area contributed by atoms with E-state index in [4.69, 9.17) is 0 Å². The van der Waals surface area contributed by atoms with Gasteiger partial charge in [-0.3, -0.25) is 24.0 Å². The number of likely N-dealkylation sites (tertiary alicyclic amines) is 1. The smallest absolute Gasteiger partial charge is 0.248 e. The fourth-order valence-corrected chi connectivity index (χ4v) is 6.07. The van der Waals surface area contributed by atoms with Crippen molar-refractivity contribution < 1.29 is 14.4 Å². The Morgan fingerprint density at radius 1 is 1.10 bits per heavy atom. The zero-order chi connectivity index (χ0) is 28.3. The Bertz CT molecular complexity index is 1700. The van der Waals surface area contributed by atoms with E-state index in [0.29, 0.717) is 33.4 Å². The van der Waals surface area contributed by atoms with Crippen molar-refractivity contribution in [1.29, 1.82) is 0 Å². The number of pyridine rings is 2. The maximum atomic E-state index is 13.8. The molecule has 4 aromatic rings. The third-order valence-corrected chi connectivity index (χ3v) is 8.55. The average Bonchev–Trinajstić information content (AvgIpc) is 3.28. The van der Waals surface area contributed by atoms with Crippen molar-refractivity contribution in [3.05, 3.63) is 70.1 Å². The minimum Gasteiger partial charge on any atom is -0.325 e. The zero-order valence-electron chi connectivity index (χ0n) is 22.7. The monoisotopic (exact) mass is 600 g/mol. The van der Waals surface area contributed by atoms with Crippen molar-refractivity contribution in [2.24, 2.45) is 5.41 Å². The van der Waals surface area contributed by atoms with Gasteiger partial charge in [-0.2, -0.15) is 5.10 Å². The first-order valence-corrected chi connectivity index (χ1v) is 14.0. The molecule has 1 aromatic carbocycles. The molecule has 3 aromatic heterocycles. The van der Waals surface area contributed by atoms with Crippen molar-refractivity contribution in [2.75, 3.05) is 5.32 Å². The van der Waals surface area contributed by atoms with E-state index < -0.39 is 6.04 Å². The number of carbonyl (C=O) groups is 3. The summed E-state index contributed by atoms with van der Waals surface area (Å²) in [7, 11) is 0. The fraction of sp³-hybridized carbons (Fsp3) is 0.333. The van der Waals surface area contributed by atoms with Crippen LogP contribution in [0.15, 0.2) is 53.3 Å². The normalized spacial score (nSPS) is 21.4. The lowest BCUT2D eigenvalue weighted by Gasteiger charge is -2.27. The quantitative estimate of drug-likeness (QED) is 0.244. The summed E-state index contributed by atoms with van der Waals surface area (Å²) in [6.07, 6.45) is 3.26. The highest BCUT2D eigenvalue weighted by Crippen LogP contribution is 2.59. The van der Waals surface area contributed by atoms with Crippen molar-refractivity contribution in [3.63, 3.8) is 0 Å². The lowest BCUT2D eigenvalue weighted by Crippen LogP contribution is -2.47. The number of piperidine rings is 1. The Labute approximate surface area is 240 Å². The molecule has 2 fully saturated rings. The number of hydrogen-bond acceptors (Lipinski definition) is 6. The predicted molar refractivity (Wildman–Crippen MR) is 155 cm³/mol. The third kappa shape index (κ3) is 4.60. The molecule has 2 aliphatic rings. The molecule has 1 saturated heterocycles. The van der Waals surface area contributed by atoms with Crippen LogP contribution in [-0.2, 0) is 16.1 Å². The highest BCUT2D eigenvalue weighted by Gasteiger charge is 2.64. The van der Waals surface area contributed by atoms with Crippen LogP contribution in [0.1, 0.15) is 48.3 Å². The van der Waals surface area contributed by atoms with Gasteiger partial charge in [0.2, 0.25) is 11.8 Å². The number of carbonyl (C=O) groups excluding carboxylic acids is 3. The SMILES string of the molecule is CC(=O)c1nn(CC(=O)N2[C@H](C(=O)Nc3nc(Br)ccc3C)C[C@@]3(C)C[C@@H]23)c2ccc(-c3ccc(C)cn3)cc12. The molecular formula is C30H29BrN6O3. The number of hydrogen-bond donors (Lipinski definition) is 1. The standard InChI is InChI=1S/C30H29BrN6O3/c1-16-5-8-21(32-14-16)19-7-9-22-20(11-19)27(18(3)38)35-36(22)15-26(39)37-23(12-30(4)13-24(30)37)29(40)34-28-17(2)6-10-25(31)33-28/h5-11,14,23-24H,12-13,15H2,1-4H3,(H,33,34,40)/t23-,24+,30-/m0/s1. The topological polar surface area (TPSA) is 110 Å². The van der Waals surface area contributed by atoms with Gasteiger partial charge in [-0.15, -0.1) is 0 Å². The van der Waals surface area contributed by atoms with Crippen LogP contribution in [0.4, 0.5) is 5.82 Å². The van der Waals surface area contributed by atoms with Gasteiger partial charge in [0.1, 0.15) is 28.7 Å². The molecule has 1 saturated carbocycles. The molecule has 3 atom stereocenters. The number of anilines is 1. The number of aryl methyl sites for hydroxylation is 2. The molecule has 40 heavy (non-hydrogen) atoms. The Balaban J connectivity index is 1.29. The second kappa shape index (κ2) is 9.62.